The maximum atomic E-state index is 10.3. The van der Waals surface area contributed by atoms with E-state index in [1.807, 2.05) is 19.1 Å². The fourth-order valence-electron chi connectivity index (χ4n) is 1.96. The first-order chi connectivity index (χ1) is 8.27. The van der Waals surface area contributed by atoms with E-state index in [0.717, 1.165) is 11.1 Å². The minimum Gasteiger partial charge on any atom is -0.396 e. The third-order valence-corrected chi connectivity index (χ3v) is 3.33. The minimum atomic E-state index is -0.723. The van der Waals surface area contributed by atoms with Gasteiger partial charge in [-0.2, -0.15) is 0 Å². The molecule has 0 aliphatic heterocycles. The molecule has 2 atom stereocenters. The smallest absolute Gasteiger partial charge is 0.0944 e. The maximum absolute atomic E-state index is 10.3. The van der Waals surface area contributed by atoms with Gasteiger partial charge in [0.2, 0.25) is 0 Å². The molecule has 1 rings (SSSR count). The van der Waals surface area contributed by atoms with Crippen molar-refractivity contribution in [3.63, 3.8) is 0 Å². The predicted molar refractivity (Wildman–Crippen MR) is 74.5 cm³/mol. The second kappa shape index (κ2) is 5.83. The van der Waals surface area contributed by atoms with Crippen LogP contribution in [0.3, 0.4) is 0 Å². The number of nitrogens with two attached hydrogens (primary N) is 1. The van der Waals surface area contributed by atoms with Crippen molar-refractivity contribution in [3.8, 4) is 0 Å². The number of aliphatic hydroxyl groups is 2. The molecule has 0 radical (unpaired) electrons. The van der Waals surface area contributed by atoms with E-state index in [1.54, 1.807) is 0 Å². The van der Waals surface area contributed by atoms with Crippen LogP contribution in [0, 0.1) is 6.92 Å². The number of hydrogen-bond donors (Lipinski definition) is 3. The summed E-state index contributed by atoms with van der Waals surface area (Å²) in [5.74, 6) is 0. The van der Waals surface area contributed by atoms with Gasteiger partial charge in [0, 0.05) is 12.6 Å². The summed E-state index contributed by atoms with van der Waals surface area (Å²) in [4.78, 5) is 0. The first-order valence-electron chi connectivity index (χ1n) is 6.43. The minimum absolute atomic E-state index is 0.00373. The summed E-state index contributed by atoms with van der Waals surface area (Å²) < 4.78 is 0. The zero-order valence-electron chi connectivity index (χ0n) is 11.8. The quantitative estimate of drug-likeness (QED) is 0.767. The van der Waals surface area contributed by atoms with Gasteiger partial charge in [-0.15, -0.1) is 0 Å². The Morgan fingerprint density at radius 3 is 2.39 bits per heavy atom. The number of aryl methyl sites for hydroxylation is 1. The second-order valence-corrected chi connectivity index (χ2v) is 5.94. The lowest BCUT2D eigenvalue weighted by molar-refractivity contribution is 0.128. The lowest BCUT2D eigenvalue weighted by Gasteiger charge is -2.24. The Labute approximate surface area is 110 Å². The molecule has 0 heterocycles. The molecule has 0 aromatic heterocycles. The fourth-order valence-corrected chi connectivity index (χ4v) is 1.96. The van der Waals surface area contributed by atoms with Gasteiger partial charge in [-0.3, -0.25) is 0 Å². The van der Waals surface area contributed by atoms with Crippen molar-refractivity contribution in [2.75, 3.05) is 6.61 Å². The second-order valence-electron chi connectivity index (χ2n) is 5.94. The number of aliphatic hydroxyl groups excluding tert-OH is 2. The van der Waals surface area contributed by atoms with Crippen LogP contribution >= 0.6 is 0 Å². The molecule has 18 heavy (non-hydrogen) atoms. The van der Waals surface area contributed by atoms with Crippen LogP contribution in [0.15, 0.2) is 18.2 Å². The predicted octanol–water partition coefficient (Wildman–Crippen LogP) is 2.04. The number of rotatable bonds is 4. The Bertz CT molecular complexity index is 396. The molecule has 0 saturated carbocycles. The van der Waals surface area contributed by atoms with Crippen LogP contribution in [-0.2, 0) is 5.41 Å². The zero-order chi connectivity index (χ0) is 13.9. The molecule has 102 valence electrons. The van der Waals surface area contributed by atoms with Crippen molar-refractivity contribution in [1.82, 2.24) is 0 Å². The Balaban J connectivity index is 3.08. The van der Waals surface area contributed by atoms with Crippen LogP contribution < -0.4 is 5.73 Å². The summed E-state index contributed by atoms with van der Waals surface area (Å²) in [6.45, 7) is 8.39. The SMILES string of the molecule is Cc1ccc(C(C)(C)C)cc1C(O)C(N)CCO. The van der Waals surface area contributed by atoms with Crippen LogP contribution in [0.2, 0.25) is 0 Å². The summed E-state index contributed by atoms with van der Waals surface area (Å²) in [6, 6.07) is 5.70. The molecular formula is C15H25NO2. The van der Waals surface area contributed by atoms with Gasteiger partial charge in [-0.25, -0.2) is 0 Å². The average molecular weight is 251 g/mol. The highest BCUT2D eigenvalue weighted by Crippen LogP contribution is 2.28. The first-order valence-corrected chi connectivity index (χ1v) is 6.43. The Morgan fingerprint density at radius 2 is 1.89 bits per heavy atom. The molecule has 0 aliphatic carbocycles. The van der Waals surface area contributed by atoms with Crippen molar-refractivity contribution >= 4 is 0 Å². The van der Waals surface area contributed by atoms with E-state index in [-0.39, 0.29) is 12.0 Å². The van der Waals surface area contributed by atoms with Gasteiger partial charge in [0.15, 0.2) is 0 Å². The lowest BCUT2D eigenvalue weighted by atomic mass is 9.84. The molecule has 0 fully saturated rings. The standard InChI is InChI=1S/C15H25NO2/c1-10-5-6-11(15(2,3)4)9-12(10)14(18)13(16)7-8-17/h5-6,9,13-14,17-18H,7-8,16H2,1-4H3. The number of hydrogen-bond acceptors (Lipinski definition) is 3. The van der Waals surface area contributed by atoms with Crippen LogP contribution in [0.25, 0.3) is 0 Å². The molecule has 0 bridgehead atoms. The van der Waals surface area contributed by atoms with Crippen molar-refractivity contribution in [2.24, 2.45) is 5.73 Å². The molecule has 0 saturated heterocycles. The molecule has 1 aromatic carbocycles. The maximum Gasteiger partial charge on any atom is 0.0944 e. The Kier molecular flexibility index (Phi) is 4.91. The summed E-state index contributed by atoms with van der Waals surface area (Å²) in [7, 11) is 0. The average Bonchev–Trinajstić information content (AvgIpc) is 2.27. The van der Waals surface area contributed by atoms with Crippen LogP contribution in [-0.4, -0.2) is 22.9 Å². The van der Waals surface area contributed by atoms with E-state index in [4.69, 9.17) is 10.8 Å². The van der Waals surface area contributed by atoms with Crippen LogP contribution in [0.4, 0.5) is 0 Å². The third kappa shape index (κ3) is 3.55. The first kappa shape index (κ1) is 15.2. The van der Waals surface area contributed by atoms with E-state index in [0.29, 0.717) is 6.42 Å². The third-order valence-electron chi connectivity index (χ3n) is 3.33. The molecule has 3 heteroatoms. The van der Waals surface area contributed by atoms with Crippen LogP contribution in [0.1, 0.15) is 50.0 Å². The van der Waals surface area contributed by atoms with Gasteiger partial charge in [0.05, 0.1) is 6.10 Å². The largest absolute Gasteiger partial charge is 0.396 e. The summed E-state index contributed by atoms with van der Waals surface area (Å²) in [6.07, 6.45) is -0.320. The van der Waals surface area contributed by atoms with E-state index in [1.165, 1.54) is 5.56 Å². The normalized spacial score (nSPS) is 15.5. The van der Waals surface area contributed by atoms with Crippen LogP contribution in [0.5, 0.6) is 0 Å². The summed E-state index contributed by atoms with van der Waals surface area (Å²) >= 11 is 0. The molecule has 3 nitrogen and oxygen atoms in total. The molecule has 0 amide bonds. The molecule has 1 aromatic rings. The summed E-state index contributed by atoms with van der Waals surface area (Å²) in [5.41, 5.74) is 9.00. The molecule has 2 unspecified atom stereocenters. The molecular weight excluding hydrogens is 226 g/mol. The Hall–Kier alpha value is -0.900. The van der Waals surface area contributed by atoms with Gasteiger partial charge in [-0.05, 0) is 35.4 Å². The monoisotopic (exact) mass is 251 g/mol. The van der Waals surface area contributed by atoms with Gasteiger partial charge < -0.3 is 15.9 Å². The van der Waals surface area contributed by atoms with Crippen molar-refractivity contribution in [1.29, 1.82) is 0 Å². The van der Waals surface area contributed by atoms with E-state index in [2.05, 4.69) is 26.8 Å². The van der Waals surface area contributed by atoms with Crippen molar-refractivity contribution < 1.29 is 10.2 Å². The van der Waals surface area contributed by atoms with Crippen molar-refractivity contribution in [3.05, 3.63) is 34.9 Å². The fraction of sp³-hybridized carbons (Fsp3) is 0.600. The Morgan fingerprint density at radius 1 is 1.28 bits per heavy atom. The highest BCUT2D eigenvalue weighted by Gasteiger charge is 2.21. The van der Waals surface area contributed by atoms with E-state index >= 15 is 0 Å². The summed E-state index contributed by atoms with van der Waals surface area (Å²) in [5, 5.41) is 19.1. The highest BCUT2D eigenvalue weighted by atomic mass is 16.3. The van der Waals surface area contributed by atoms with Gasteiger partial charge >= 0.3 is 0 Å². The van der Waals surface area contributed by atoms with Gasteiger partial charge in [0.25, 0.3) is 0 Å². The lowest BCUT2D eigenvalue weighted by Crippen LogP contribution is -2.30. The van der Waals surface area contributed by atoms with Gasteiger partial charge in [0.1, 0.15) is 0 Å². The molecule has 0 aliphatic rings. The molecule has 4 N–H and O–H groups in total. The highest BCUT2D eigenvalue weighted by molar-refractivity contribution is 5.36. The molecule has 0 spiro atoms. The topological polar surface area (TPSA) is 66.5 Å². The van der Waals surface area contributed by atoms with Gasteiger partial charge in [-0.1, -0.05) is 39.0 Å². The van der Waals surface area contributed by atoms with E-state index < -0.39 is 12.1 Å². The van der Waals surface area contributed by atoms with E-state index in [9.17, 15) is 5.11 Å². The number of benzene rings is 1. The zero-order valence-corrected chi connectivity index (χ0v) is 11.8. The van der Waals surface area contributed by atoms with Crippen molar-refractivity contribution in [2.45, 2.75) is 51.7 Å².